The average molecular weight is 441 g/mol. The largest absolute Gasteiger partial charge is 0.497 e. The summed E-state index contributed by atoms with van der Waals surface area (Å²) in [6.45, 7) is 2.02. The van der Waals surface area contributed by atoms with Crippen LogP contribution in [0.4, 0.5) is 5.69 Å². The van der Waals surface area contributed by atoms with Crippen molar-refractivity contribution in [2.45, 2.75) is 6.92 Å². The fourth-order valence-electron chi connectivity index (χ4n) is 3.40. The molecule has 2 amide bonds. The van der Waals surface area contributed by atoms with Crippen LogP contribution in [0.1, 0.15) is 26.3 Å². The summed E-state index contributed by atoms with van der Waals surface area (Å²) in [6.07, 6.45) is 1.72. The van der Waals surface area contributed by atoms with Gasteiger partial charge in [-0.05, 0) is 55.5 Å². The number of hydrogen-bond donors (Lipinski definition) is 2. The molecule has 166 valence electrons. The van der Waals surface area contributed by atoms with Gasteiger partial charge in [-0.2, -0.15) is 5.10 Å². The number of amides is 2. The average Bonchev–Trinajstić information content (AvgIpc) is 3.30. The monoisotopic (exact) mass is 440 g/mol. The molecule has 3 aromatic carbocycles. The van der Waals surface area contributed by atoms with Crippen molar-refractivity contribution in [1.29, 1.82) is 0 Å². The van der Waals surface area contributed by atoms with Gasteiger partial charge in [0.1, 0.15) is 11.4 Å². The number of aromatic nitrogens is 2. The highest BCUT2D eigenvalue weighted by Gasteiger charge is 2.19. The van der Waals surface area contributed by atoms with Crippen LogP contribution in [-0.2, 0) is 0 Å². The van der Waals surface area contributed by atoms with Gasteiger partial charge in [0.05, 0.1) is 18.4 Å². The Hall–Kier alpha value is -4.39. The van der Waals surface area contributed by atoms with E-state index in [9.17, 15) is 9.59 Å². The number of hydrogen-bond acceptors (Lipinski definition) is 4. The van der Waals surface area contributed by atoms with E-state index in [-0.39, 0.29) is 11.8 Å². The molecular weight excluding hydrogens is 416 g/mol. The van der Waals surface area contributed by atoms with E-state index in [0.29, 0.717) is 28.3 Å². The van der Waals surface area contributed by atoms with Crippen molar-refractivity contribution in [1.82, 2.24) is 15.1 Å². The molecule has 0 aliphatic heterocycles. The molecule has 0 unspecified atom stereocenters. The third-order valence-corrected chi connectivity index (χ3v) is 5.23. The maximum Gasteiger partial charge on any atom is 0.259 e. The second-order valence-electron chi connectivity index (χ2n) is 7.51. The smallest absolute Gasteiger partial charge is 0.259 e. The van der Waals surface area contributed by atoms with Gasteiger partial charge in [0.15, 0.2) is 0 Å². The fraction of sp³-hybridized carbons (Fsp3) is 0.115. The predicted molar refractivity (Wildman–Crippen MR) is 128 cm³/mol. The third-order valence-electron chi connectivity index (χ3n) is 5.23. The predicted octanol–water partition coefficient (Wildman–Crippen LogP) is 4.47. The summed E-state index contributed by atoms with van der Waals surface area (Å²) in [7, 11) is 3.17. The van der Waals surface area contributed by atoms with Crippen molar-refractivity contribution < 1.29 is 14.3 Å². The Kier molecular flexibility index (Phi) is 6.22. The van der Waals surface area contributed by atoms with Crippen molar-refractivity contribution in [3.63, 3.8) is 0 Å². The molecule has 4 aromatic rings. The summed E-state index contributed by atoms with van der Waals surface area (Å²) in [5.41, 5.74) is 4.79. The van der Waals surface area contributed by atoms with E-state index < -0.39 is 0 Å². The Labute approximate surface area is 192 Å². The van der Waals surface area contributed by atoms with E-state index in [1.807, 2.05) is 55.5 Å². The molecule has 0 radical (unpaired) electrons. The van der Waals surface area contributed by atoms with Crippen LogP contribution in [0.2, 0.25) is 0 Å². The Bertz CT molecular complexity index is 1290. The van der Waals surface area contributed by atoms with Gasteiger partial charge < -0.3 is 15.4 Å². The number of aryl methyl sites for hydroxylation is 1. The fourth-order valence-corrected chi connectivity index (χ4v) is 3.40. The minimum absolute atomic E-state index is 0.187. The number of carbonyl (C=O) groups excluding carboxylic acids is 2. The van der Waals surface area contributed by atoms with Crippen LogP contribution in [0.25, 0.3) is 16.9 Å². The molecule has 0 atom stereocenters. The molecule has 4 rings (SSSR count). The summed E-state index contributed by atoms with van der Waals surface area (Å²) in [5.74, 6) is 0.181. The number of rotatable bonds is 6. The minimum Gasteiger partial charge on any atom is -0.497 e. The molecule has 2 N–H and O–H groups in total. The number of carbonyl (C=O) groups is 2. The van der Waals surface area contributed by atoms with Crippen LogP contribution in [0.15, 0.2) is 79.0 Å². The topological polar surface area (TPSA) is 85.3 Å². The van der Waals surface area contributed by atoms with Crippen molar-refractivity contribution in [3.05, 3.63) is 95.7 Å². The lowest BCUT2D eigenvalue weighted by Crippen LogP contribution is -2.18. The Morgan fingerprint density at radius 2 is 1.67 bits per heavy atom. The van der Waals surface area contributed by atoms with Gasteiger partial charge >= 0.3 is 0 Å². The first-order chi connectivity index (χ1) is 16.0. The normalized spacial score (nSPS) is 10.5. The first-order valence-electron chi connectivity index (χ1n) is 10.4. The third kappa shape index (κ3) is 4.77. The first-order valence-corrected chi connectivity index (χ1v) is 10.4. The summed E-state index contributed by atoms with van der Waals surface area (Å²) in [6, 6.07) is 22.0. The maximum atomic E-state index is 13.3. The van der Waals surface area contributed by atoms with Gasteiger partial charge in [-0.25, -0.2) is 4.68 Å². The Morgan fingerprint density at radius 1 is 0.939 bits per heavy atom. The molecule has 0 aliphatic rings. The van der Waals surface area contributed by atoms with Crippen LogP contribution in [-0.4, -0.2) is 35.8 Å². The number of nitrogens with zero attached hydrogens (tertiary/aromatic N) is 2. The zero-order chi connectivity index (χ0) is 23.4. The molecule has 0 spiro atoms. The standard InChI is InChI=1S/C26H24N4O3/c1-17-7-13-21(14-8-17)30-16-23(24(29-30)19-5-4-6-22(15-19)33-3)26(32)28-20-11-9-18(10-12-20)25(31)27-2/h4-16H,1-3H3,(H,27,31)(H,28,32). The molecule has 33 heavy (non-hydrogen) atoms. The van der Waals surface area contributed by atoms with E-state index in [0.717, 1.165) is 16.8 Å². The summed E-state index contributed by atoms with van der Waals surface area (Å²) < 4.78 is 7.04. The van der Waals surface area contributed by atoms with E-state index in [1.54, 1.807) is 49.3 Å². The second kappa shape index (κ2) is 9.40. The number of benzene rings is 3. The molecule has 7 nitrogen and oxygen atoms in total. The maximum absolute atomic E-state index is 13.3. The number of ether oxygens (including phenoxy) is 1. The van der Waals surface area contributed by atoms with Crippen molar-refractivity contribution in [2.75, 3.05) is 19.5 Å². The number of methoxy groups -OCH3 is 1. The molecule has 0 aliphatic carbocycles. The quantitative estimate of drug-likeness (QED) is 0.463. The van der Waals surface area contributed by atoms with Crippen LogP contribution in [0.3, 0.4) is 0 Å². The van der Waals surface area contributed by atoms with Gasteiger partial charge in [-0.15, -0.1) is 0 Å². The zero-order valence-electron chi connectivity index (χ0n) is 18.6. The van der Waals surface area contributed by atoms with E-state index in [4.69, 9.17) is 9.84 Å². The van der Waals surface area contributed by atoms with Gasteiger partial charge in [0.25, 0.3) is 11.8 Å². The van der Waals surface area contributed by atoms with Crippen molar-refractivity contribution in [3.8, 4) is 22.7 Å². The van der Waals surface area contributed by atoms with Gasteiger partial charge in [-0.1, -0.05) is 29.8 Å². The van der Waals surface area contributed by atoms with Crippen molar-refractivity contribution in [2.24, 2.45) is 0 Å². The van der Waals surface area contributed by atoms with Crippen LogP contribution in [0, 0.1) is 6.92 Å². The Morgan fingerprint density at radius 3 is 2.33 bits per heavy atom. The molecule has 0 fully saturated rings. The number of nitrogens with one attached hydrogen (secondary N) is 2. The highest BCUT2D eigenvalue weighted by Crippen LogP contribution is 2.28. The molecular formula is C26H24N4O3. The van der Waals surface area contributed by atoms with Crippen LogP contribution >= 0.6 is 0 Å². The minimum atomic E-state index is -0.307. The SMILES string of the molecule is CNC(=O)c1ccc(NC(=O)c2cn(-c3ccc(C)cc3)nc2-c2cccc(OC)c2)cc1. The van der Waals surface area contributed by atoms with Gasteiger partial charge in [0.2, 0.25) is 0 Å². The molecule has 1 heterocycles. The summed E-state index contributed by atoms with van der Waals surface area (Å²) in [4.78, 5) is 25.0. The zero-order valence-corrected chi connectivity index (χ0v) is 18.6. The first kappa shape index (κ1) is 21.8. The summed E-state index contributed by atoms with van der Waals surface area (Å²) in [5, 5.41) is 10.2. The van der Waals surface area contributed by atoms with Crippen LogP contribution in [0.5, 0.6) is 5.75 Å². The van der Waals surface area contributed by atoms with E-state index in [1.165, 1.54) is 0 Å². The Balaban J connectivity index is 1.71. The lowest BCUT2D eigenvalue weighted by Gasteiger charge is -2.07. The molecule has 1 aromatic heterocycles. The highest BCUT2D eigenvalue weighted by atomic mass is 16.5. The number of anilines is 1. The summed E-state index contributed by atoms with van der Waals surface area (Å²) >= 11 is 0. The molecule has 0 saturated heterocycles. The van der Waals surface area contributed by atoms with Gasteiger partial charge in [0, 0.05) is 30.1 Å². The van der Waals surface area contributed by atoms with Crippen molar-refractivity contribution >= 4 is 17.5 Å². The lowest BCUT2D eigenvalue weighted by molar-refractivity contribution is 0.0962. The molecule has 7 heteroatoms. The van der Waals surface area contributed by atoms with Gasteiger partial charge in [-0.3, -0.25) is 9.59 Å². The molecule has 0 bridgehead atoms. The molecule has 0 saturated carbocycles. The van der Waals surface area contributed by atoms with Crippen LogP contribution < -0.4 is 15.4 Å². The second-order valence-corrected chi connectivity index (χ2v) is 7.51. The lowest BCUT2D eigenvalue weighted by atomic mass is 10.1. The highest BCUT2D eigenvalue weighted by molar-refractivity contribution is 6.08. The van der Waals surface area contributed by atoms with E-state index in [2.05, 4.69) is 10.6 Å². The van der Waals surface area contributed by atoms with E-state index >= 15 is 0 Å².